The zero-order valence-electron chi connectivity index (χ0n) is 12.1. The van der Waals surface area contributed by atoms with Gasteiger partial charge in [0.2, 0.25) is 0 Å². The van der Waals surface area contributed by atoms with Crippen molar-refractivity contribution in [2.45, 2.75) is 31.6 Å². The van der Waals surface area contributed by atoms with Crippen LogP contribution in [0.5, 0.6) is 5.75 Å². The maximum Gasteiger partial charge on any atom is 0.191 e. The van der Waals surface area contributed by atoms with Crippen molar-refractivity contribution in [3.05, 3.63) is 29.3 Å². The monoisotopic (exact) mass is 273 g/mol. The molecule has 0 fully saturated rings. The highest BCUT2D eigenvalue weighted by Gasteiger charge is 2.21. The van der Waals surface area contributed by atoms with Gasteiger partial charge in [-0.15, -0.1) is 0 Å². The summed E-state index contributed by atoms with van der Waals surface area (Å²) in [5.74, 6) is 2.52. The van der Waals surface area contributed by atoms with Crippen molar-refractivity contribution >= 4 is 5.96 Å². The Morgan fingerprint density at radius 3 is 3.15 bits per heavy atom. The predicted molar refractivity (Wildman–Crippen MR) is 81.6 cm³/mol. The van der Waals surface area contributed by atoms with Gasteiger partial charge in [-0.05, 0) is 48.9 Å². The Hall–Kier alpha value is -1.71. The molecule has 4 heteroatoms. The number of benzene rings is 1. The van der Waals surface area contributed by atoms with Crippen molar-refractivity contribution < 1.29 is 4.74 Å². The van der Waals surface area contributed by atoms with Crippen molar-refractivity contribution in [3.63, 3.8) is 0 Å². The molecule has 3 rings (SSSR count). The van der Waals surface area contributed by atoms with E-state index in [1.807, 2.05) is 0 Å². The highest BCUT2D eigenvalue weighted by atomic mass is 16.5. The predicted octanol–water partition coefficient (Wildman–Crippen LogP) is 2.05. The van der Waals surface area contributed by atoms with Gasteiger partial charge in [0.25, 0.3) is 0 Å². The van der Waals surface area contributed by atoms with Crippen LogP contribution in [-0.4, -0.2) is 32.7 Å². The van der Waals surface area contributed by atoms with Gasteiger partial charge in [-0.2, -0.15) is 0 Å². The number of ether oxygens (including phenoxy) is 1. The lowest BCUT2D eigenvalue weighted by atomic mass is 9.82. The second-order valence-electron chi connectivity index (χ2n) is 5.55. The van der Waals surface area contributed by atoms with Gasteiger partial charge in [0.1, 0.15) is 5.75 Å². The van der Waals surface area contributed by atoms with E-state index in [1.54, 1.807) is 7.11 Å². The average molecular weight is 273 g/mol. The molecule has 2 aliphatic rings. The van der Waals surface area contributed by atoms with Crippen LogP contribution in [0.25, 0.3) is 0 Å². The fourth-order valence-corrected chi connectivity index (χ4v) is 3.10. The number of rotatable bonds is 3. The van der Waals surface area contributed by atoms with Crippen LogP contribution in [0, 0.1) is 0 Å². The zero-order chi connectivity index (χ0) is 13.8. The van der Waals surface area contributed by atoms with E-state index in [0.717, 1.165) is 37.8 Å². The molecule has 2 N–H and O–H groups in total. The molecule has 1 aliphatic carbocycles. The highest BCUT2D eigenvalue weighted by Crippen LogP contribution is 2.33. The SMILES string of the molecule is COc1ccc2c(c1)CCCC2CNC1=NCCCN1. The van der Waals surface area contributed by atoms with Crippen LogP contribution in [-0.2, 0) is 6.42 Å². The van der Waals surface area contributed by atoms with Gasteiger partial charge in [-0.1, -0.05) is 6.07 Å². The Kier molecular flexibility index (Phi) is 4.09. The van der Waals surface area contributed by atoms with Crippen LogP contribution in [0.15, 0.2) is 23.2 Å². The smallest absolute Gasteiger partial charge is 0.191 e. The molecule has 20 heavy (non-hydrogen) atoms. The van der Waals surface area contributed by atoms with E-state index in [0.29, 0.717) is 5.92 Å². The number of hydrogen-bond acceptors (Lipinski definition) is 4. The summed E-state index contributed by atoms with van der Waals surface area (Å²) in [5.41, 5.74) is 2.92. The number of fused-ring (bicyclic) bond motifs is 1. The lowest BCUT2D eigenvalue weighted by Crippen LogP contribution is -2.42. The number of aryl methyl sites for hydroxylation is 1. The Morgan fingerprint density at radius 2 is 2.35 bits per heavy atom. The first-order valence-corrected chi connectivity index (χ1v) is 7.56. The lowest BCUT2D eigenvalue weighted by Gasteiger charge is -2.27. The van der Waals surface area contributed by atoms with Gasteiger partial charge in [0.05, 0.1) is 7.11 Å². The maximum atomic E-state index is 5.33. The molecular formula is C16H23N3O. The summed E-state index contributed by atoms with van der Waals surface area (Å²) in [4.78, 5) is 4.47. The zero-order valence-corrected chi connectivity index (χ0v) is 12.1. The minimum absolute atomic E-state index is 0.580. The molecule has 0 saturated heterocycles. The first-order chi connectivity index (χ1) is 9.86. The van der Waals surface area contributed by atoms with E-state index in [1.165, 1.54) is 30.4 Å². The molecule has 0 radical (unpaired) electrons. The average Bonchev–Trinajstić information content (AvgIpc) is 2.53. The summed E-state index contributed by atoms with van der Waals surface area (Å²) in [5, 5.41) is 6.79. The first kappa shape index (κ1) is 13.3. The molecule has 0 aromatic heterocycles. The number of aliphatic imine (C=N–C) groups is 1. The standard InChI is InChI=1S/C16H23N3O/c1-20-14-6-7-15-12(10-14)4-2-5-13(15)11-19-16-17-8-3-9-18-16/h6-7,10,13H,2-5,8-9,11H2,1H3,(H2,17,18,19). The van der Waals surface area contributed by atoms with Crippen LogP contribution >= 0.6 is 0 Å². The molecule has 4 nitrogen and oxygen atoms in total. The molecule has 0 spiro atoms. The molecule has 1 atom stereocenters. The lowest BCUT2D eigenvalue weighted by molar-refractivity contribution is 0.412. The molecule has 0 amide bonds. The Morgan fingerprint density at radius 1 is 1.40 bits per heavy atom. The molecule has 1 heterocycles. The van der Waals surface area contributed by atoms with Crippen molar-refractivity contribution in [1.29, 1.82) is 0 Å². The van der Waals surface area contributed by atoms with E-state index in [9.17, 15) is 0 Å². The van der Waals surface area contributed by atoms with Crippen LogP contribution in [0.1, 0.15) is 36.3 Å². The highest BCUT2D eigenvalue weighted by molar-refractivity contribution is 5.80. The van der Waals surface area contributed by atoms with Crippen molar-refractivity contribution in [2.24, 2.45) is 4.99 Å². The normalized spacial score (nSPS) is 21.4. The molecule has 1 aromatic rings. The molecule has 0 saturated carbocycles. The number of nitrogens with one attached hydrogen (secondary N) is 2. The van der Waals surface area contributed by atoms with E-state index in [2.05, 4.69) is 33.8 Å². The van der Waals surface area contributed by atoms with Crippen LogP contribution < -0.4 is 15.4 Å². The van der Waals surface area contributed by atoms with Crippen LogP contribution in [0.3, 0.4) is 0 Å². The maximum absolute atomic E-state index is 5.33. The largest absolute Gasteiger partial charge is 0.497 e. The summed E-state index contributed by atoms with van der Waals surface area (Å²) in [6, 6.07) is 6.50. The molecule has 1 aromatic carbocycles. The molecule has 1 unspecified atom stereocenters. The van der Waals surface area contributed by atoms with Gasteiger partial charge in [0.15, 0.2) is 5.96 Å². The van der Waals surface area contributed by atoms with Gasteiger partial charge in [-0.3, -0.25) is 4.99 Å². The van der Waals surface area contributed by atoms with Crippen LogP contribution in [0.2, 0.25) is 0 Å². The van der Waals surface area contributed by atoms with Crippen LogP contribution in [0.4, 0.5) is 0 Å². The summed E-state index contributed by atoms with van der Waals surface area (Å²) in [6.07, 6.45) is 4.81. The Labute approximate surface area is 120 Å². The second kappa shape index (κ2) is 6.16. The minimum Gasteiger partial charge on any atom is -0.497 e. The molecule has 0 bridgehead atoms. The topological polar surface area (TPSA) is 45.6 Å². The van der Waals surface area contributed by atoms with Gasteiger partial charge in [0, 0.05) is 25.6 Å². The fourth-order valence-electron chi connectivity index (χ4n) is 3.10. The van der Waals surface area contributed by atoms with Gasteiger partial charge < -0.3 is 15.4 Å². The number of guanidine groups is 1. The van der Waals surface area contributed by atoms with E-state index in [-0.39, 0.29) is 0 Å². The summed E-state index contributed by atoms with van der Waals surface area (Å²) < 4.78 is 5.33. The fraction of sp³-hybridized carbons (Fsp3) is 0.562. The van der Waals surface area contributed by atoms with Crippen molar-refractivity contribution in [3.8, 4) is 5.75 Å². The van der Waals surface area contributed by atoms with Crippen molar-refractivity contribution in [2.75, 3.05) is 26.7 Å². The quantitative estimate of drug-likeness (QED) is 0.886. The van der Waals surface area contributed by atoms with E-state index in [4.69, 9.17) is 4.74 Å². The summed E-state index contributed by atoms with van der Waals surface area (Å²) in [7, 11) is 1.73. The third-order valence-corrected chi connectivity index (χ3v) is 4.20. The molecular weight excluding hydrogens is 250 g/mol. The Bertz CT molecular complexity index is 498. The van der Waals surface area contributed by atoms with E-state index < -0.39 is 0 Å². The third kappa shape index (κ3) is 2.89. The second-order valence-corrected chi connectivity index (χ2v) is 5.55. The van der Waals surface area contributed by atoms with Crippen molar-refractivity contribution in [1.82, 2.24) is 10.6 Å². The number of nitrogens with zero attached hydrogens (tertiary/aromatic N) is 1. The molecule has 1 aliphatic heterocycles. The third-order valence-electron chi connectivity index (χ3n) is 4.20. The summed E-state index contributed by atoms with van der Waals surface area (Å²) in [6.45, 7) is 2.93. The van der Waals surface area contributed by atoms with Gasteiger partial charge >= 0.3 is 0 Å². The van der Waals surface area contributed by atoms with Gasteiger partial charge in [-0.25, -0.2) is 0 Å². The first-order valence-electron chi connectivity index (χ1n) is 7.56. The minimum atomic E-state index is 0.580. The molecule has 108 valence electrons. The Balaban J connectivity index is 1.68. The summed E-state index contributed by atoms with van der Waals surface area (Å²) >= 11 is 0. The number of methoxy groups -OCH3 is 1. The number of hydrogen-bond donors (Lipinski definition) is 2. The van der Waals surface area contributed by atoms with E-state index >= 15 is 0 Å².